The second-order valence-corrected chi connectivity index (χ2v) is 9.17. The summed E-state index contributed by atoms with van der Waals surface area (Å²) in [5.74, 6) is -0.881. The van der Waals surface area contributed by atoms with Crippen LogP contribution in [-0.4, -0.2) is 41.8 Å². The Morgan fingerprint density at radius 3 is 2.21 bits per heavy atom. The fourth-order valence-corrected chi connectivity index (χ4v) is 4.74. The highest BCUT2D eigenvalue weighted by atomic mass is 16.5. The standard InChI is InChI=1S/C26H30N2O5/c1-26(17-12-13-17,15-23(29)27-14-6-11-24(30)31)28-25(32)33-16-22-20-9-4-2-7-18(20)19-8-3-5-10-21(19)22/h2-5,7-10,17,22H,6,11-16H2,1H3,(H,27,29)(H,28,32)(H,30,31). The molecule has 4 rings (SSSR count). The van der Waals surface area contributed by atoms with Gasteiger partial charge in [0.1, 0.15) is 6.61 Å². The molecule has 0 spiro atoms. The predicted molar refractivity (Wildman–Crippen MR) is 124 cm³/mol. The normalized spacial score (nSPS) is 16.3. The molecule has 2 aliphatic rings. The van der Waals surface area contributed by atoms with Crippen molar-refractivity contribution in [2.45, 2.75) is 50.5 Å². The van der Waals surface area contributed by atoms with Crippen LogP contribution in [0.1, 0.15) is 56.1 Å². The Hall–Kier alpha value is -3.35. The Morgan fingerprint density at radius 2 is 1.64 bits per heavy atom. The maximum atomic E-state index is 12.8. The molecule has 0 aromatic heterocycles. The Kier molecular flexibility index (Phi) is 6.67. The summed E-state index contributed by atoms with van der Waals surface area (Å²) >= 11 is 0. The molecular formula is C26H30N2O5. The summed E-state index contributed by atoms with van der Waals surface area (Å²) in [5, 5.41) is 14.4. The molecule has 2 amide bonds. The van der Waals surface area contributed by atoms with Crippen molar-refractivity contribution in [1.82, 2.24) is 10.6 Å². The number of nitrogens with one attached hydrogen (secondary N) is 2. The average Bonchev–Trinajstić information content (AvgIpc) is 3.59. The molecule has 33 heavy (non-hydrogen) atoms. The second kappa shape index (κ2) is 9.65. The van der Waals surface area contributed by atoms with Crippen molar-refractivity contribution >= 4 is 18.0 Å². The van der Waals surface area contributed by atoms with Gasteiger partial charge in [0, 0.05) is 25.3 Å². The summed E-state index contributed by atoms with van der Waals surface area (Å²) in [7, 11) is 0. The van der Waals surface area contributed by atoms with Crippen molar-refractivity contribution < 1.29 is 24.2 Å². The van der Waals surface area contributed by atoms with Crippen molar-refractivity contribution in [3.63, 3.8) is 0 Å². The number of ether oxygens (including phenoxy) is 1. The zero-order valence-corrected chi connectivity index (χ0v) is 18.8. The lowest BCUT2D eigenvalue weighted by Gasteiger charge is -2.30. The van der Waals surface area contributed by atoms with Crippen molar-refractivity contribution in [3.05, 3.63) is 59.7 Å². The third-order valence-corrected chi connectivity index (χ3v) is 6.63. The van der Waals surface area contributed by atoms with Crippen LogP contribution in [0.4, 0.5) is 4.79 Å². The highest BCUT2D eigenvalue weighted by Crippen LogP contribution is 2.45. The highest BCUT2D eigenvalue weighted by molar-refractivity contribution is 5.80. The van der Waals surface area contributed by atoms with E-state index < -0.39 is 17.6 Å². The van der Waals surface area contributed by atoms with E-state index in [1.807, 2.05) is 31.2 Å². The molecule has 0 bridgehead atoms. The highest BCUT2D eigenvalue weighted by Gasteiger charge is 2.44. The van der Waals surface area contributed by atoms with Crippen LogP contribution in [-0.2, 0) is 14.3 Å². The summed E-state index contributed by atoms with van der Waals surface area (Å²) in [4.78, 5) is 35.8. The predicted octanol–water partition coefficient (Wildman–Crippen LogP) is 4.06. The van der Waals surface area contributed by atoms with Crippen LogP contribution in [0.5, 0.6) is 0 Å². The SMILES string of the molecule is CC(CC(=O)NCCCC(=O)O)(NC(=O)OCC1c2ccccc2-c2ccccc21)C1CC1. The van der Waals surface area contributed by atoms with Crippen LogP contribution in [0.15, 0.2) is 48.5 Å². The zero-order chi connectivity index (χ0) is 23.4. The van der Waals surface area contributed by atoms with Gasteiger partial charge < -0.3 is 20.5 Å². The number of carbonyl (C=O) groups excluding carboxylic acids is 2. The minimum Gasteiger partial charge on any atom is -0.481 e. The van der Waals surface area contributed by atoms with Crippen LogP contribution < -0.4 is 10.6 Å². The molecule has 7 nitrogen and oxygen atoms in total. The van der Waals surface area contributed by atoms with Crippen molar-refractivity contribution in [1.29, 1.82) is 0 Å². The summed E-state index contributed by atoms with van der Waals surface area (Å²) < 4.78 is 5.67. The third-order valence-electron chi connectivity index (χ3n) is 6.63. The van der Waals surface area contributed by atoms with Crippen LogP contribution in [0.25, 0.3) is 11.1 Å². The van der Waals surface area contributed by atoms with E-state index >= 15 is 0 Å². The molecule has 0 heterocycles. The fraction of sp³-hybridized carbons (Fsp3) is 0.423. The van der Waals surface area contributed by atoms with Gasteiger partial charge in [0.05, 0.1) is 5.54 Å². The molecule has 1 unspecified atom stereocenters. The van der Waals surface area contributed by atoms with Gasteiger partial charge in [-0.2, -0.15) is 0 Å². The number of alkyl carbamates (subject to hydrolysis) is 1. The number of aliphatic carboxylic acids is 1. The molecule has 2 aromatic carbocycles. The summed E-state index contributed by atoms with van der Waals surface area (Å²) in [6.07, 6.45) is 1.90. The van der Waals surface area contributed by atoms with Crippen LogP contribution in [0, 0.1) is 5.92 Å². The third kappa shape index (κ3) is 5.35. The van der Waals surface area contributed by atoms with Crippen molar-refractivity contribution in [3.8, 4) is 11.1 Å². The van der Waals surface area contributed by atoms with Gasteiger partial charge in [0.25, 0.3) is 0 Å². The largest absolute Gasteiger partial charge is 0.481 e. The fourth-order valence-electron chi connectivity index (χ4n) is 4.74. The van der Waals surface area contributed by atoms with Crippen LogP contribution >= 0.6 is 0 Å². The number of fused-ring (bicyclic) bond motifs is 3. The number of carboxylic acid groups (broad SMARTS) is 1. The van der Waals surface area contributed by atoms with E-state index in [1.54, 1.807) is 0 Å². The van der Waals surface area contributed by atoms with E-state index in [9.17, 15) is 14.4 Å². The Balaban J connectivity index is 1.34. The van der Waals surface area contributed by atoms with Gasteiger partial charge in [0.2, 0.25) is 5.91 Å². The topological polar surface area (TPSA) is 105 Å². The number of hydrogen-bond donors (Lipinski definition) is 3. The molecule has 1 saturated carbocycles. The van der Waals surface area contributed by atoms with E-state index in [0.29, 0.717) is 13.0 Å². The first-order valence-electron chi connectivity index (χ1n) is 11.5. The van der Waals surface area contributed by atoms with Crippen molar-refractivity contribution in [2.24, 2.45) is 5.92 Å². The monoisotopic (exact) mass is 450 g/mol. The van der Waals surface area contributed by atoms with Gasteiger partial charge >= 0.3 is 12.1 Å². The minimum atomic E-state index is -0.885. The summed E-state index contributed by atoms with van der Waals surface area (Å²) in [6, 6.07) is 16.3. The van der Waals surface area contributed by atoms with E-state index in [-0.39, 0.29) is 37.2 Å². The molecule has 2 aromatic rings. The maximum absolute atomic E-state index is 12.8. The smallest absolute Gasteiger partial charge is 0.407 e. The number of amides is 2. The number of hydrogen-bond acceptors (Lipinski definition) is 4. The average molecular weight is 451 g/mol. The lowest BCUT2D eigenvalue weighted by Crippen LogP contribution is -2.51. The summed E-state index contributed by atoms with van der Waals surface area (Å²) in [5.41, 5.74) is 3.95. The second-order valence-electron chi connectivity index (χ2n) is 9.17. The first kappa shape index (κ1) is 22.8. The minimum absolute atomic E-state index is 0.0121. The van der Waals surface area contributed by atoms with E-state index in [0.717, 1.165) is 24.0 Å². The van der Waals surface area contributed by atoms with Gasteiger partial charge in [-0.3, -0.25) is 9.59 Å². The van der Waals surface area contributed by atoms with Crippen LogP contribution in [0.2, 0.25) is 0 Å². The first-order chi connectivity index (χ1) is 15.9. The number of carbonyl (C=O) groups is 3. The number of benzene rings is 2. The molecule has 0 saturated heterocycles. The molecular weight excluding hydrogens is 420 g/mol. The number of rotatable bonds is 10. The Labute approximate surface area is 193 Å². The molecule has 1 fully saturated rings. The van der Waals surface area contributed by atoms with Gasteiger partial charge in [-0.1, -0.05) is 48.5 Å². The van der Waals surface area contributed by atoms with Crippen LogP contribution in [0.3, 0.4) is 0 Å². The maximum Gasteiger partial charge on any atom is 0.407 e. The van der Waals surface area contributed by atoms with Gasteiger partial charge in [0.15, 0.2) is 0 Å². The molecule has 174 valence electrons. The Morgan fingerprint density at radius 1 is 1.03 bits per heavy atom. The van der Waals surface area contributed by atoms with Crippen molar-refractivity contribution in [2.75, 3.05) is 13.2 Å². The molecule has 3 N–H and O–H groups in total. The van der Waals surface area contributed by atoms with E-state index in [2.05, 4.69) is 34.9 Å². The molecule has 0 radical (unpaired) electrons. The van der Waals surface area contributed by atoms with E-state index in [4.69, 9.17) is 9.84 Å². The lowest BCUT2D eigenvalue weighted by molar-refractivity contribution is -0.137. The van der Waals surface area contributed by atoms with E-state index in [1.165, 1.54) is 11.1 Å². The number of carboxylic acids is 1. The van der Waals surface area contributed by atoms with Gasteiger partial charge in [-0.05, 0) is 54.4 Å². The van der Waals surface area contributed by atoms with Gasteiger partial charge in [-0.25, -0.2) is 4.79 Å². The molecule has 7 heteroatoms. The quantitative estimate of drug-likeness (QED) is 0.474. The molecule has 0 aliphatic heterocycles. The lowest BCUT2D eigenvalue weighted by atomic mass is 9.91. The zero-order valence-electron chi connectivity index (χ0n) is 18.8. The molecule has 1 atom stereocenters. The molecule has 2 aliphatic carbocycles. The Bertz CT molecular complexity index is 1000. The summed E-state index contributed by atoms with van der Waals surface area (Å²) in [6.45, 7) is 2.40. The first-order valence-corrected chi connectivity index (χ1v) is 11.5. The van der Waals surface area contributed by atoms with Gasteiger partial charge in [-0.15, -0.1) is 0 Å².